The van der Waals surface area contributed by atoms with E-state index in [-0.39, 0.29) is 5.91 Å². The van der Waals surface area contributed by atoms with Crippen LogP contribution in [0, 0.1) is 0 Å². The Balaban J connectivity index is 1.43. The third-order valence-corrected chi connectivity index (χ3v) is 5.84. The van der Waals surface area contributed by atoms with E-state index in [0.29, 0.717) is 29.3 Å². The fourth-order valence-corrected chi connectivity index (χ4v) is 4.08. The summed E-state index contributed by atoms with van der Waals surface area (Å²) in [6.45, 7) is 1.81. The number of nitrogens with one attached hydrogen (secondary N) is 3. The van der Waals surface area contributed by atoms with Gasteiger partial charge in [0.1, 0.15) is 11.2 Å². The molecule has 6 aromatic rings. The van der Waals surface area contributed by atoms with Gasteiger partial charge in [0.05, 0.1) is 17.4 Å². The molecule has 1 amide bonds. The van der Waals surface area contributed by atoms with Crippen molar-refractivity contribution in [2.45, 2.75) is 13.3 Å². The zero-order valence-electron chi connectivity index (χ0n) is 18.8. The van der Waals surface area contributed by atoms with Crippen molar-refractivity contribution in [2.24, 2.45) is 0 Å². The van der Waals surface area contributed by atoms with Crippen molar-refractivity contribution in [3.8, 4) is 33.8 Å². The molecule has 3 N–H and O–H groups in total. The lowest BCUT2D eigenvalue weighted by Gasteiger charge is -2.06. The van der Waals surface area contributed by atoms with Gasteiger partial charge in [0.15, 0.2) is 11.5 Å². The fourth-order valence-electron chi connectivity index (χ4n) is 4.08. The van der Waals surface area contributed by atoms with Crippen molar-refractivity contribution in [2.75, 3.05) is 5.32 Å². The average molecular weight is 461 g/mol. The maximum atomic E-state index is 11.8. The van der Waals surface area contributed by atoms with Crippen LogP contribution in [-0.4, -0.2) is 41.0 Å². The van der Waals surface area contributed by atoms with Crippen LogP contribution in [0.25, 0.3) is 55.8 Å². The number of anilines is 1. The molecule has 9 heteroatoms. The third kappa shape index (κ3) is 3.78. The van der Waals surface area contributed by atoms with E-state index in [1.54, 1.807) is 31.0 Å². The quantitative estimate of drug-likeness (QED) is 0.333. The molecule has 0 saturated carbocycles. The fraction of sp³-hybridized carbons (Fsp3) is 0.0769. The molecule has 0 saturated heterocycles. The molecule has 0 bridgehead atoms. The second-order valence-corrected chi connectivity index (χ2v) is 8.07. The van der Waals surface area contributed by atoms with Gasteiger partial charge in [0, 0.05) is 47.7 Å². The molecule has 1 aromatic carbocycles. The maximum Gasteiger partial charge on any atom is 0.224 e. The molecular weight excluding hydrogens is 440 g/mol. The molecule has 5 aromatic heterocycles. The Morgan fingerprint density at radius 2 is 1.83 bits per heavy atom. The molecule has 35 heavy (non-hydrogen) atoms. The summed E-state index contributed by atoms with van der Waals surface area (Å²) < 4.78 is 0. The van der Waals surface area contributed by atoms with Gasteiger partial charge in [-0.1, -0.05) is 13.0 Å². The van der Waals surface area contributed by atoms with Crippen LogP contribution < -0.4 is 5.32 Å². The number of amides is 1. The Hall–Kier alpha value is -4.92. The second-order valence-electron chi connectivity index (χ2n) is 8.07. The summed E-state index contributed by atoms with van der Waals surface area (Å²) in [7, 11) is 0. The summed E-state index contributed by atoms with van der Waals surface area (Å²) in [5.41, 5.74) is 7.52. The first-order valence-corrected chi connectivity index (χ1v) is 11.2. The van der Waals surface area contributed by atoms with Crippen LogP contribution in [0.1, 0.15) is 13.3 Å². The summed E-state index contributed by atoms with van der Waals surface area (Å²) in [5.74, 6) is 0.570. The first-order chi connectivity index (χ1) is 17.2. The Morgan fingerprint density at radius 1 is 0.943 bits per heavy atom. The summed E-state index contributed by atoms with van der Waals surface area (Å²) >= 11 is 0. The number of aromatic nitrogens is 7. The second kappa shape index (κ2) is 8.45. The van der Waals surface area contributed by atoms with Crippen LogP contribution in [0.15, 0.2) is 73.4 Å². The lowest BCUT2D eigenvalue weighted by molar-refractivity contribution is -0.115. The van der Waals surface area contributed by atoms with E-state index in [2.05, 4.69) is 35.5 Å². The van der Waals surface area contributed by atoms with E-state index in [1.807, 2.05) is 49.4 Å². The number of hydrogen-bond acceptors (Lipinski definition) is 6. The van der Waals surface area contributed by atoms with Gasteiger partial charge < -0.3 is 10.3 Å². The highest BCUT2D eigenvalue weighted by Gasteiger charge is 2.16. The molecule has 170 valence electrons. The van der Waals surface area contributed by atoms with E-state index in [0.717, 1.165) is 38.7 Å². The van der Waals surface area contributed by atoms with Gasteiger partial charge >= 0.3 is 0 Å². The van der Waals surface area contributed by atoms with Gasteiger partial charge in [-0.25, -0.2) is 9.97 Å². The minimum Gasteiger partial charge on any atom is -0.325 e. The van der Waals surface area contributed by atoms with Crippen LogP contribution in [0.5, 0.6) is 0 Å². The SMILES string of the molecule is CCC(=O)Nc1cncc(-c2ccc3[nH]nc(-c4nc5c(-c6ccncc6)ccnc5[nH]4)c3c2)c1. The van der Waals surface area contributed by atoms with Crippen molar-refractivity contribution in [1.29, 1.82) is 0 Å². The monoisotopic (exact) mass is 460 g/mol. The van der Waals surface area contributed by atoms with Gasteiger partial charge in [0.25, 0.3) is 0 Å². The predicted octanol–water partition coefficient (Wildman–Crippen LogP) is 4.97. The van der Waals surface area contributed by atoms with Crippen molar-refractivity contribution < 1.29 is 4.79 Å². The van der Waals surface area contributed by atoms with Gasteiger partial charge in [-0.05, 0) is 47.5 Å². The van der Waals surface area contributed by atoms with E-state index >= 15 is 0 Å². The number of benzene rings is 1. The third-order valence-electron chi connectivity index (χ3n) is 5.84. The van der Waals surface area contributed by atoms with Crippen LogP contribution in [-0.2, 0) is 4.79 Å². The first kappa shape index (κ1) is 20.7. The predicted molar refractivity (Wildman–Crippen MR) is 134 cm³/mol. The minimum absolute atomic E-state index is 0.0545. The number of pyridine rings is 3. The number of rotatable bonds is 5. The summed E-state index contributed by atoms with van der Waals surface area (Å²) in [5, 5.41) is 11.4. The normalized spacial score (nSPS) is 11.2. The molecule has 0 aliphatic heterocycles. The summed E-state index contributed by atoms with van der Waals surface area (Å²) in [4.78, 5) is 32.8. The zero-order valence-corrected chi connectivity index (χ0v) is 18.8. The maximum absolute atomic E-state index is 11.8. The summed E-state index contributed by atoms with van der Waals surface area (Å²) in [6.07, 6.45) is 9.10. The first-order valence-electron chi connectivity index (χ1n) is 11.2. The number of imidazole rings is 1. The Kier molecular flexibility index (Phi) is 4.99. The van der Waals surface area contributed by atoms with E-state index in [9.17, 15) is 4.79 Å². The van der Waals surface area contributed by atoms with Crippen molar-refractivity contribution >= 4 is 33.7 Å². The summed E-state index contributed by atoms with van der Waals surface area (Å²) in [6, 6.07) is 13.8. The molecule has 0 aliphatic carbocycles. The standard InChI is InChI=1S/C26H20N8O/c1-2-22(35)30-18-11-17(13-28-14-18)16-3-4-21-20(12-16)24(34-33-21)26-31-23-19(7-10-29-25(23)32-26)15-5-8-27-9-6-15/h3-14H,2H2,1H3,(H,30,35)(H,33,34)(H,29,31,32). The van der Waals surface area contributed by atoms with Gasteiger partial charge in [-0.15, -0.1) is 0 Å². The van der Waals surface area contributed by atoms with Crippen molar-refractivity contribution in [3.63, 3.8) is 0 Å². The average Bonchev–Trinajstić information content (AvgIpc) is 3.53. The molecular formula is C26H20N8O. The molecule has 5 heterocycles. The largest absolute Gasteiger partial charge is 0.325 e. The highest BCUT2D eigenvalue weighted by molar-refractivity contribution is 5.97. The van der Waals surface area contributed by atoms with Gasteiger partial charge in [-0.3, -0.25) is 19.9 Å². The van der Waals surface area contributed by atoms with Crippen molar-refractivity contribution in [3.05, 3.63) is 73.4 Å². The highest BCUT2D eigenvalue weighted by atomic mass is 16.1. The van der Waals surface area contributed by atoms with Crippen LogP contribution >= 0.6 is 0 Å². The Morgan fingerprint density at radius 3 is 2.69 bits per heavy atom. The number of aromatic amines is 2. The minimum atomic E-state index is -0.0545. The molecule has 9 nitrogen and oxygen atoms in total. The van der Waals surface area contributed by atoms with Crippen molar-refractivity contribution in [1.82, 2.24) is 35.1 Å². The van der Waals surface area contributed by atoms with Gasteiger partial charge in [-0.2, -0.15) is 5.10 Å². The number of hydrogen-bond donors (Lipinski definition) is 3. The number of carbonyl (C=O) groups is 1. The van der Waals surface area contributed by atoms with Crippen LogP contribution in [0.4, 0.5) is 5.69 Å². The van der Waals surface area contributed by atoms with Gasteiger partial charge in [0.2, 0.25) is 5.91 Å². The Labute approximate surface area is 199 Å². The Bertz CT molecular complexity index is 1690. The number of fused-ring (bicyclic) bond motifs is 2. The van der Waals surface area contributed by atoms with Crippen LogP contribution in [0.3, 0.4) is 0 Å². The molecule has 0 radical (unpaired) electrons. The lowest BCUT2D eigenvalue weighted by Crippen LogP contribution is -2.09. The molecule has 0 aliphatic rings. The highest BCUT2D eigenvalue weighted by Crippen LogP contribution is 2.32. The molecule has 0 fully saturated rings. The molecule has 6 rings (SSSR count). The number of nitrogens with zero attached hydrogens (tertiary/aromatic N) is 5. The topological polar surface area (TPSA) is 125 Å². The van der Waals surface area contributed by atoms with Crippen LogP contribution in [0.2, 0.25) is 0 Å². The van der Waals surface area contributed by atoms with E-state index in [1.165, 1.54) is 0 Å². The lowest BCUT2D eigenvalue weighted by atomic mass is 10.0. The van der Waals surface area contributed by atoms with E-state index < -0.39 is 0 Å². The number of carbonyl (C=O) groups excluding carboxylic acids is 1. The number of H-pyrrole nitrogens is 2. The molecule has 0 atom stereocenters. The molecule has 0 spiro atoms. The smallest absolute Gasteiger partial charge is 0.224 e. The zero-order chi connectivity index (χ0) is 23.8. The van der Waals surface area contributed by atoms with E-state index in [4.69, 9.17) is 4.98 Å². The molecule has 0 unspecified atom stereocenters.